The van der Waals surface area contributed by atoms with Gasteiger partial charge in [0.25, 0.3) is 0 Å². The molecule has 0 spiro atoms. The molecule has 0 amide bonds. The van der Waals surface area contributed by atoms with E-state index in [4.69, 9.17) is 16.3 Å². The van der Waals surface area contributed by atoms with Gasteiger partial charge in [0.1, 0.15) is 11.6 Å². The molecule has 0 fully saturated rings. The van der Waals surface area contributed by atoms with Crippen LogP contribution in [0.5, 0.6) is 5.75 Å². The number of alkyl halides is 1. The fourth-order valence-electron chi connectivity index (χ4n) is 2.43. The Bertz CT molecular complexity index is 775. The molecule has 0 saturated carbocycles. The maximum atomic E-state index is 6.32. The second kappa shape index (κ2) is 5.41. The van der Waals surface area contributed by atoms with E-state index in [0.717, 1.165) is 28.3 Å². The summed E-state index contributed by atoms with van der Waals surface area (Å²) >= 11 is 6.32. The monoisotopic (exact) mass is 300 g/mol. The van der Waals surface area contributed by atoms with Crippen LogP contribution in [0.2, 0.25) is 0 Å². The van der Waals surface area contributed by atoms with Crippen molar-refractivity contribution in [3.63, 3.8) is 0 Å². The van der Waals surface area contributed by atoms with E-state index in [1.54, 1.807) is 7.11 Å². The highest BCUT2D eigenvalue weighted by Gasteiger charge is 2.16. The first-order valence-electron chi connectivity index (χ1n) is 6.87. The van der Waals surface area contributed by atoms with Crippen LogP contribution in [-0.4, -0.2) is 16.7 Å². The lowest BCUT2D eigenvalue weighted by Gasteiger charge is -2.11. The Labute approximate surface area is 129 Å². The number of methoxy groups -OCH3 is 1. The number of halogens is 1. The van der Waals surface area contributed by atoms with Gasteiger partial charge < -0.3 is 4.74 Å². The topological polar surface area (TPSA) is 27.1 Å². The molecule has 3 rings (SSSR count). The quantitative estimate of drug-likeness (QED) is 0.659. The van der Waals surface area contributed by atoms with E-state index in [-0.39, 0.29) is 5.38 Å². The molecule has 0 N–H and O–H groups in total. The molecular weight excluding hydrogens is 284 g/mol. The van der Waals surface area contributed by atoms with Gasteiger partial charge in [0, 0.05) is 11.8 Å². The first-order chi connectivity index (χ1) is 10.1. The van der Waals surface area contributed by atoms with E-state index < -0.39 is 0 Å². The first kappa shape index (κ1) is 14.0. The normalized spacial score (nSPS) is 12.6. The van der Waals surface area contributed by atoms with Crippen molar-refractivity contribution in [1.29, 1.82) is 0 Å². The van der Waals surface area contributed by atoms with Crippen molar-refractivity contribution < 1.29 is 4.74 Å². The molecule has 0 aliphatic heterocycles. The minimum Gasteiger partial charge on any atom is -0.497 e. The summed E-state index contributed by atoms with van der Waals surface area (Å²) in [7, 11) is 1.67. The van der Waals surface area contributed by atoms with Gasteiger partial charge >= 0.3 is 0 Å². The molecule has 1 aromatic heterocycles. The van der Waals surface area contributed by atoms with Crippen LogP contribution in [0.3, 0.4) is 0 Å². The van der Waals surface area contributed by atoms with Gasteiger partial charge in [0.15, 0.2) is 0 Å². The van der Waals surface area contributed by atoms with Crippen molar-refractivity contribution in [1.82, 2.24) is 9.55 Å². The second-order valence-electron chi connectivity index (χ2n) is 5.11. The summed E-state index contributed by atoms with van der Waals surface area (Å²) in [5.41, 5.74) is 4.19. The number of fused-ring (bicyclic) bond motifs is 1. The molecule has 3 nitrogen and oxygen atoms in total. The largest absolute Gasteiger partial charge is 0.497 e. The Balaban J connectivity index is 2.30. The average Bonchev–Trinajstić information content (AvgIpc) is 2.86. The minimum atomic E-state index is -0.176. The number of hydrogen-bond acceptors (Lipinski definition) is 2. The zero-order valence-electron chi connectivity index (χ0n) is 12.3. The van der Waals surface area contributed by atoms with Gasteiger partial charge in [0.05, 0.1) is 23.5 Å². The maximum Gasteiger partial charge on any atom is 0.132 e. The number of hydrogen-bond donors (Lipinski definition) is 0. The summed E-state index contributed by atoms with van der Waals surface area (Å²) in [6.45, 7) is 4.01. The molecule has 0 radical (unpaired) electrons. The molecule has 0 aliphatic rings. The summed E-state index contributed by atoms with van der Waals surface area (Å²) in [5, 5.41) is -0.176. The Morgan fingerprint density at radius 1 is 1.14 bits per heavy atom. The number of ether oxygens (including phenoxy) is 1. The molecule has 1 heterocycles. The molecule has 0 saturated heterocycles. The molecule has 1 unspecified atom stereocenters. The van der Waals surface area contributed by atoms with Crippen molar-refractivity contribution in [2.24, 2.45) is 0 Å². The van der Waals surface area contributed by atoms with Gasteiger partial charge in [-0.1, -0.05) is 17.7 Å². The zero-order chi connectivity index (χ0) is 15.0. The predicted octanol–water partition coefficient (Wildman–Crippen LogP) is 4.64. The van der Waals surface area contributed by atoms with Crippen LogP contribution >= 0.6 is 11.6 Å². The van der Waals surface area contributed by atoms with E-state index in [1.165, 1.54) is 5.56 Å². The molecule has 3 aromatic rings. The standard InChI is InChI=1S/C17H17ClN2O/c1-11-4-6-13(7-5-11)20-16-10-14(21-3)8-9-15(16)19-17(20)12(2)18/h4-10,12H,1-3H3. The lowest BCUT2D eigenvalue weighted by molar-refractivity contribution is 0.415. The highest BCUT2D eigenvalue weighted by Crippen LogP contribution is 2.30. The van der Waals surface area contributed by atoms with Crippen molar-refractivity contribution in [2.75, 3.05) is 7.11 Å². The summed E-state index contributed by atoms with van der Waals surface area (Å²) in [4.78, 5) is 4.66. The third-order valence-electron chi connectivity index (χ3n) is 3.54. The van der Waals surface area contributed by atoms with Gasteiger partial charge in [-0.15, -0.1) is 11.6 Å². The summed E-state index contributed by atoms with van der Waals surface area (Å²) < 4.78 is 7.42. The number of imidazole rings is 1. The lowest BCUT2D eigenvalue weighted by atomic mass is 10.2. The average molecular weight is 301 g/mol. The van der Waals surface area contributed by atoms with Crippen LogP contribution in [0.4, 0.5) is 0 Å². The Hall–Kier alpha value is -2.00. The SMILES string of the molecule is COc1ccc2nc(C(C)Cl)n(-c3ccc(C)cc3)c2c1. The minimum absolute atomic E-state index is 0.176. The van der Waals surface area contributed by atoms with Crippen LogP contribution in [0.25, 0.3) is 16.7 Å². The first-order valence-corrected chi connectivity index (χ1v) is 7.31. The molecule has 2 aromatic carbocycles. The highest BCUT2D eigenvalue weighted by atomic mass is 35.5. The van der Waals surface area contributed by atoms with Gasteiger partial charge in [-0.2, -0.15) is 0 Å². The zero-order valence-corrected chi connectivity index (χ0v) is 13.1. The molecule has 108 valence electrons. The van der Waals surface area contributed by atoms with Gasteiger partial charge in [0.2, 0.25) is 0 Å². The third kappa shape index (κ3) is 2.49. The predicted molar refractivity (Wildman–Crippen MR) is 86.6 cm³/mol. The molecule has 21 heavy (non-hydrogen) atoms. The second-order valence-corrected chi connectivity index (χ2v) is 5.77. The number of rotatable bonds is 3. The van der Waals surface area contributed by atoms with Crippen molar-refractivity contribution in [2.45, 2.75) is 19.2 Å². The number of aromatic nitrogens is 2. The summed E-state index contributed by atoms with van der Waals surface area (Å²) in [6.07, 6.45) is 0. The van der Waals surface area contributed by atoms with E-state index in [2.05, 4.69) is 40.7 Å². The number of nitrogens with zero attached hydrogens (tertiary/aromatic N) is 2. The van der Waals surface area contributed by atoms with E-state index >= 15 is 0 Å². The molecule has 1 atom stereocenters. The van der Waals surface area contributed by atoms with Crippen molar-refractivity contribution >= 4 is 22.6 Å². The van der Waals surface area contributed by atoms with Crippen LogP contribution in [0, 0.1) is 6.92 Å². The van der Waals surface area contributed by atoms with Crippen molar-refractivity contribution in [3.8, 4) is 11.4 Å². The molecule has 4 heteroatoms. The molecular formula is C17H17ClN2O. The fraction of sp³-hybridized carbons (Fsp3) is 0.235. The van der Waals surface area contributed by atoms with Crippen LogP contribution in [0.15, 0.2) is 42.5 Å². The third-order valence-corrected chi connectivity index (χ3v) is 3.73. The van der Waals surface area contributed by atoms with Gasteiger partial charge in [-0.05, 0) is 38.1 Å². The summed E-state index contributed by atoms with van der Waals surface area (Å²) in [5.74, 6) is 1.65. The smallest absolute Gasteiger partial charge is 0.132 e. The molecule has 0 bridgehead atoms. The van der Waals surface area contributed by atoms with Gasteiger partial charge in [-0.3, -0.25) is 4.57 Å². The van der Waals surface area contributed by atoms with E-state index in [1.807, 2.05) is 25.1 Å². The van der Waals surface area contributed by atoms with E-state index in [0.29, 0.717) is 0 Å². The molecule has 0 aliphatic carbocycles. The van der Waals surface area contributed by atoms with Gasteiger partial charge in [-0.25, -0.2) is 4.98 Å². The highest BCUT2D eigenvalue weighted by molar-refractivity contribution is 6.20. The fourth-order valence-corrected chi connectivity index (χ4v) is 2.58. The Kier molecular flexibility index (Phi) is 3.60. The van der Waals surface area contributed by atoms with Crippen molar-refractivity contribution in [3.05, 3.63) is 53.9 Å². The van der Waals surface area contributed by atoms with Crippen LogP contribution in [-0.2, 0) is 0 Å². The maximum absolute atomic E-state index is 6.32. The Morgan fingerprint density at radius 3 is 2.48 bits per heavy atom. The van der Waals surface area contributed by atoms with E-state index in [9.17, 15) is 0 Å². The summed E-state index contributed by atoms with van der Waals surface area (Å²) in [6, 6.07) is 14.2. The number of aryl methyl sites for hydroxylation is 1. The Morgan fingerprint density at radius 2 is 1.86 bits per heavy atom. The lowest BCUT2D eigenvalue weighted by Crippen LogP contribution is -2.01. The van der Waals surface area contributed by atoms with Crippen LogP contribution in [0.1, 0.15) is 23.7 Å². The number of benzene rings is 2. The van der Waals surface area contributed by atoms with Crippen LogP contribution < -0.4 is 4.74 Å².